The lowest BCUT2D eigenvalue weighted by atomic mass is 9.89. The van der Waals surface area contributed by atoms with Gasteiger partial charge in [-0.2, -0.15) is 0 Å². The predicted octanol–water partition coefficient (Wildman–Crippen LogP) is 5.17. The molecule has 2 heterocycles. The maximum absolute atomic E-state index is 13.6. The number of nitrogens with one attached hydrogen (secondary N) is 1. The largest absolute Gasteiger partial charge is 0.325 e. The molecule has 2 aromatic carbocycles. The van der Waals surface area contributed by atoms with Gasteiger partial charge in [0.05, 0.1) is 5.69 Å². The number of thiophene rings is 1. The van der Waals surface area contributed by atoms with Gasteiger partial charge in [0, 0.05) is 28.2 Å². The van der Waals surface area contributed by atoms with Gasteiger partial charge in [0.1, 0.15) is 11.6 Å². The van der Waals surface area contributed by atoms with Crippen LogP contribution in [0.15, 0.2) is 53.9 Å². The Morgan fingerprint density at radius 3 is 2.54 bits per heavy atom. The molecule has 1 aromatic heterocycles. The molecular formula is C19H13F2NOS. The third kappa shape index (κ3) is 2.61. The molecule has 2 nitrogen and oxygen atoms in total. The van der Waals surface area contributed by atoms with Crippen molar-refractivity contribution in [2.45, 2.75) is 12.3 Å². The van der Waals surface area contributed by atoms with E-state index >= 15 is 0 Å². The molecule has 0 saturated heterocycles. The summed E-state index contributed by atoms with van der Waals surface area (Å²) in [6.07, 6.45) is 0.277. The fourth-order valence-electron chi connectivity index (χ4n) is 3.09. The van der Waals surface area contributed by atoms with Crippen LogP contribution in [-0.4, -0.2) is 5.91 Å². The fourth-order valence-corrected chi connectivity index (χ4v) is 4.25. The molecule has 0 aliphatic carbocycles. The molecular weight excluding hydrogens is 328 g/mol. The zero-order valence-corrected chi connectivity index (χ0v) is 13.4. The summed E-state index contributed by atoms with van der Waals surface area (Å²) in [7, 11) is 0. The smallest absolute Gasteiger partial charge is 0.225 e. The molecule has 0 unspecified atom stereocenters. The number of fused-ring (bicyclic) bond motifs is 1. The van der Waals surface area contributed by atoms with Gasteiger partial charge in [0.15, 0.2) is 0 Å². The van der Waals surface area contributed by atoms with E-state index in [2.05, 4.69) is 5.32 Å². The van der Waals surface area contributed by atoms with Gasteiger partial charge in [0.25, 0.3) is 0 Å². The number of hydrogen-bond donors (Lipinski definition) is 1. The highest BCUT2D eigenvalue weighted by molar-refractivity contribution is 7.11. The molecule has 1 amide bonds. The molecule has 0 fully saturated rings. The maximum Gasteiger partial charge on any atom is 0.225 e. The first-order chi connectivity index (χ1) is 11.6. The average molecular weight is 341 g/mol. The lowest BCUT2D eigenvalue weighted by Crippen LogP contribution is -2.22. The molecule has 0 spiro atoms. The molecule has 3 aromatic rings. The zero-order valence-electron chi connectivity index (χ0n) is 12.6. The molecule has 5 heteroatoms. The molecule has 120 valence electrons. The minimum atomic E-state index is -0.323. The monoisotopic (exact) mass is 341 g/mol. The summed E-state index contributed by atoms with van der Waals surface area (Å²) in [5.74, 6) is -0.942. The van der Waals surface area contributed by atoms with E-state index < -0.39 is 0 Å². The SMILES string of the molecule is O=C1C[C@H](c2cccc(F)c2)c2scc(-c3cccc(F)c3)c2N1. The molecule has 0 bridgehead atoms. The molecule has 1 aliphatic heterocycles. The van der Waals surface area contributed by atoms with Crippen molar-refractivity contribution in [1.82, 2.24) is 0 Å². The minimum Gasteiger partial charge on any atom is -0.325 e. The Bertz CT molecular complexity index is 935. The van der Waals surface area contributed by atoms with Crippen molar-refractivity contribution >= 4 is 22.9 Å². The standard InChI is InChI=1S/C19H13F2NOS/c20-13-5-1-3-11(7-13)15-9-17(23)22-18-16(10-24-19(15)18)12-4-2-6-14(21)8-12/h1-8,10,15H,9H2,(H,22,23)/t15-/m1/s1. The third-order valence-electron chi connectivity index (χ3n) is 4.18. The molecule has 24 heavy (non-hydrogen) atoms. The van der Waals surface area contributed by atoms with Gasteiger partial charge < -0.3 is 5.32 Å². The highest BCUT2D eigenvalue weighted by Crippen LogP contribution is 2.46. The summed E-state index contributed by atoms with van der Waals surface area (Å²) in [5.41, 5.74) is 2.99. The summed E-state index contributed by atoms with van der Waals surface area (Å²) in [6, 6.07) is 12.6. The number of halogens is 2. The van der Waals surface area contributed by atoms with Gasteiger partial charge in [-0.05, 0) is 35.4 Å². The summed E-state index contributed by atoms with van der Waals surface area (Å²) in [4.78, 5) is 13.1. The normalized spacial score (nSPS) is 16.6. The third-order valence-corrected chi connectivity index (χ3v) is 5.27. The lowest BCUT2D eigenvalue weighted by Gasteiger charge is -2.24. The van der Waals surface area contributed by atoms with Crippen LogP contribution in [-0.2, 0) is 4.79 Å². The average Bonchev–Trinajstić information content (AvgIpc) is 2.97. The van der Waals surface area contributed by atoms with Gasteiger partial charge in [-0.15, -0.1) is 11.3 Å². The molecule has 1 aliphatic rings. The second kappa shape index (κ2) is 5.83. The Morgan fingerprint density at radius 1 is 1.04 bits per heavy atom. The zero-order chi connectivity index (χ0) is 16.7. The van der Waals surface area contributed by atoms with E-state index in [0.717, 1.165) is 16.0 Å². The highest BCUT2D eigenvalue weighted by Gasteiger charge is 2.30. The van der Waals surface area contributed by atoms with Crippen molar-refractivity contribution in [1.29, 1.82) is 0 Å². The van der Waals surface area contributed by atoms with Crippen molar-refractivity contribution in [3.05, 3.63) is 76.0 Å². The molecule has 1 N–H and O–H groups in total. The van der Waals surface area contributed by atoms with E-state index in [1.165, 1.54) is 35.6 Å². The molecule has 4 rings (SSSR count). The summed E-state index contributed by atoms with van der Waals surface area (Å²) >= 11 is 1.50. The topological polar surface area (TPSA) is 29.1 Å². The predicted molar refractivity (Wildman–Crippen MR) is 91.2 cm³/mol. The van der Waals surface area contributed by atoms with E-state index in [1.807, 2.05) is 17.5 Å². The Kier molecular flexibility index (Phi) is 3.65. The van der Waals surface area contributed by atoms with Gasteiger partial charge in [0.2, 0.25) is 5.91 Å². The van der Waals surface area contributed by atoms with Crippen LogP contribution in [0.5, 0.6) is 0 Å². The fraction of sp³-hybridized carbons (Fsp3) is 0.105. The van der Waals surface area contributed by atoms with E-state index in [0.29, 0.717) is 11.3 Å². The second-order valence-corrected chi connectivity index (χ2v) is 6.67. The van der Waals surface area contributed by atoms with Crippen LogP contribution in [0.1, 0.15) is 22.8 Å². The van der Waals surface area contributed by atoms with E-state index in [9.17, 15) is 13.6 Å². The first kappa shape index (κ1) is 15.0. The summed E-state index contributed by atoms with van der Waals surface area (Å²) < 4.78 is 27.1. The van der Waals surface area contributed by atoms with Crippen LogP contribution in [0, 0.1) is 11.6 Å². The van der Waals surface area contributed by atoms with Crippen molar-refractivity contribution < 1.29 is 13.6 Å². The first-order valence-corrected chi connectivity index (χ1v) is 8.42. The van der Waals surface area contributed by atoms with Gasteiger partial charge in [-0.3, -0.25) is 4.79 Å². The van der Waals surface area contributed by atoms with Crippen molar-refractivity contribution in [2.24, 2.45) is 0 Å². The van der Waals surface area contributed by atoms with E-state index in [4.69, 9.17) is 0 Å². The Hall–Kier alpha value is -2.53. The maximum atomic E-state index is 13.6. The van der Waals surface area contributed by atoms with Crippen LogP contribution in [0.3, 0.4) is 0 Å². The highest BCUT2D eigenvalue weighted by atomic mass is 32.1. The number of benzene rings is 2. The summed E-state index contributed by atoms with van der Waals surface area (Å²) in [6.45, 7) is 0. The quantitative estimate of drug-likeness (QED) is 0.685. The molecule has 0 radical (unpaired) electrons. The number of hydrogen-bond acceptors (Lipinski definition) is 2. The van der Waals surface area contributed by atoms with Crippen molar-refractivity contribution in [3.8, 4) is 11.1 Å². The summed E-state index contributed by atoms with van der Waals surface area (Å²) in [5, 5.41) is 4.81. The van der Waals surface area contributed by atoms with Crippen LogP contribution in [0.2, 0.25) is 0 Å². The first-order valence-electron chi connectivity index (χ1n) is 7.54. The van der Waals surface area contributed by atoms with Crippen LogP contribution in [0.4, 0.5) is 14.5 Å². The van der Waals surface area contributed by atoms with E-state index in [-0.39, 0.29) is 29.9 Å². The Labute approximate surface area is 141 Å². The van der Waals surface area contributed by atoms with Gasteiger partial charge in [-0.1, -0.05) is 24.3 Å². The van der Waals surface area contributed by atoms with Crippen molar-refractivity contribution in [3.63, 3.8) is 0 Å². The second-order valence-electron chi connectivity index (χ2n) is 5.76. The Balaban J connectivity index is 1.83. The van der Waals surface area contributed by atoms with Crippen LogP contribution < -0.4 is 5.32 Å². The number of anilines is 1. The van der Waals surface area contributed by atoms with Crippen molar-refractivity contribution in [2.75, 3.05) is 5.32 Å². The minimum absolute atomic E-state index is 0.118. The number of amides is 1. The van der Waals surface area contributed by atoms with Crippen LogP contribution >= 0.6 is 11.3 Å². The van der Waals surface area contributed by atoms with Crippen LogP contribution in [0.25, 0.3) is 11.1 Å². The number of carbonyl (C=O) groups excluding carboxylic acids is 1. The molecule has 1 atom stereocenters. The molecule has 0 saturated carbocycles. The Morgan fingerprint density at radius 2 is 1.79 bits per heavy atom. The number of carbonyl (C=O) groups is 1. The van der Waals surface area contributed by atoms with Gasteiger partial charge in [-0.25, -0.2) is 8.78 Å². The number of rotatable bonds is 2. The van der Waals surface area contributed by atoms with Gasteiger partial charge >= 0.3 is 0 Å². The van der Waals surface area contributed by atoms with E-state index in [1.54, 1.807) is 12.1 Å². The lowest BCUT2D eigenvalue weighted by molar-refractivity contribution is -0.116.